The molecular weight excluding hydrogens is 382 g/mol. The van der Waals surface area contributed by atoms with Gasteiger partial charge in [-0.1, -0.05) is 29.8 Å². The van der Waals surface area contributed by atoms with E-state index in [1.54, 1.807) is 19.1 Å². The second-order valence-corrected chi connectivity index (χ2v) is 6.82. The molecule has 3 rings (SSSR count). The van der Waals surface area contributed by atoms with Crippen LogP contribution in [0.3, 0.4) is 0 Å². The summed E-state index contributed by atoms with van der Waals surface area (Å²) in [7, 11) is 0. The number of halogens is 1. The Bertz CT molecular complexity index is 879. The second-order valence-electron chi connectivity index (χ2n) is 6.41. The van der Waals surface area contributed by atoms with E-state index < -0.39 is 18.0 Å². The highest BCUT2D eigenvalue weighted by Crippen LogP contribution is 2.28. The Morgan fingerprint density at radius 2 is 2.11 bits per heavy atom. The molecule has 2 aromatic rings. The summed E-state index contributed by atoms with van der Waals surface area (Å²) in [5.74, 6) is -0.0280. The lowest BCUT2D eigenvalue weighted by Crippen LogP contribution is -2.86. The number of esters is 1. The van der Waals surface area contributed by atoms with Crippen molar-refractivity contribution in [3.8, 4) is 0 Å². The highest BCUT2D eigenvalue weighted by Gasteiger charge is 2.36. The minimum atomic E-state index is -0.707. The lowest BCUT2D eigenvalue weighted by atomic mass is 9.99. The van der Waals surface area contributed by atoms with Crippen LogP contribution in [0.15, 0.2) is 58.3 Å². The van der Waals surface area contributed by atoms with Crippen LogP contribution in [0, 0.1) is 0 Å². The SMILES string of the molecule is CCOC(=O)C1=C(C[NH2+][C@H](C)c2ccccc2Cl)NC(=O)N[C@@H]1c1ccco1. The van der Waals surface area contributed by atoms with E-state index in [1.807, 2.05) is 36.5 Å². The van der Waals surface area contributed by atoms with Crippen LogP contribution in [0.4, 0.5) is 4.79 Å². The van der Waals surface area contributed by atoms with Crippen LogP contribution in [0.2, 0.25) is 5.02 Å². The number of ether oxygens (including phenoxy) is 1. The minimum Gasteiger partial charge on any atom is -0.467 e. The van der Waals surface area contributed by atoms with Crippen LogP contribution in [-0.2, 0) is 9.53 Å². The normalized spacial score (nSPS) is 17.7. The lowest BCUT2D eigenvalue weighted by molar-refractivity contribution is -0.686. The first-order chi connectivity index (χ1) is 13.5. The molecule has 2 heterocycles. The Hall–Kier alpha value is -2.77. The number of rotatable bonds is 7. The van der Waals surface area contributed by atoms with Crippen molar-refractivity contribution in [3.63, 3.8) is 0 Å². The van der Waals surface area contributed by atoms with E-state index in [0.717, 1.165) is 5.56 Å². The molecule has 0 spiro atoms. The van der Waals surface area contributed by atoms with Gasteiger partial charge in [0.05, 0.1) is 24.1 Å². The van der Waals surface area contributed by atoms with E-state index in [2.05, 4.69) is 10.6 Å². The highest BCUT2D eigenvalue weighted by molar-refractivity contribution is 6.31. The topological polar surface area (TPSA) is 97.2 Å². The Morgan fingerprint density at radius 1 is 1.32 bits per heavy atom. The first kappa shape index (κ1) is 20.0. The average Bonchev–Trinajstić information content (AvgIpc) is 3.20. The molecule has 1 aromatic heterocycles. The third-order valence-electron chi connectivity index (χ3n) is 4.55. The first-order valence-electron chi connectivity index (χ1n) is 9.10. The molecule has 0 saturated heterocycles. The Kier molecular flexibility index (Phi) is 6.38. The molecule has 8 heteroatoms. The van der Waals surface area contributed by atoms with Crippen molar-refractivity contribution in [3.05, 3.63) is 70.3 Å². The van der Waals surface area contributed by atoms with Crippen LogP contribution in [0.25, 0.3) is 0 Å². The maximum Gasteiger partial charge on any atom is 0.338 e. The first-order valence-corrected chi connectivity index (χ1v) is 9.47. The van der Waals surface area contributed by atoms with Crippen molar-refractivity contribution in [1.29, 1.82) is 0 Å². The van der Waals surface area contributed by atoms with Gasteiger partial charge >= 0.3 is 12.0 Å². The van der Waals surface area contributed by atoms with E-state index in [9.17, 15) is 9.59 Å². The zero-order chi connectivity index (χ0) is 20.1. The third kappa shape index (κ3) is 4.37. The Balaban J connectivity index is 1.89. The molecule has 1 aromatic carbocycles. The lowest BCUT2D eigenvalue weighted by Gasteiger charge is -2.27. The third-order valence-corrected chi connectivity index (χ3v) is 4.89. The number of hydrogen-bond donors (Lipinski definition) is 3. The largest absolute Gasteiger partial charge is 0.467 e. The second kappa shape index (κ2) is 8.95. The maximum absolute atomic E-state index is 12.6. The Morgan fingerprint density at radius 3 is 2.79 bits per heavy atom. The molecule has 1 aliphatic heterocycles. The van der Waals surface area contributed by atoms with Crippen molar-refractivity contribution in [2.75, 3.05) is 13.2 Å². The van der Waals surface area contributed by atoms with Gasteiger partial charge in [0.15, 0.2) is 0 Å². The average molecular weight is 405 g/mol. The summed E-state index contributed by atoms with van der Waals surface area (Å²) < 4.78 is 10.6. The van der Waals surface area contributed by atoms with Crippen molar-refractivity contribution in [1.82, 2.24) is 10.6 Å². The zero-order valence-corrected chi connectivity index (χ0v) is 16.5. The number of benzene rings is 1. The van der Waals surface area contributed by atoms with Crippen molar-refractivity contribution in [2.45, 2.75) is 25.9 Å². The summed E-state index contributed by atoms with van der Waals surface area (Å²) in [6, 6.07) is 9.93. The number of furan rings is 1. The molecule has 0 fully saturated rings. The van der Waals surface area contributed by atoms with Crippen molar-refractivity contribution >= 4 is 23.6 Å². The molecule has 0 aliphatic carbocycles. The summed E-state index contributed by atoms with van der Waals surface area (Å²) in [6.45, 7) is 4.35. The molecule has 2 atom stereocenters. The van der Waals surface area contributed by atoms with Crippen LogP contribution in [0.5, 0.6) is 0 Å². The van der Waals surface area contributed by atoms with E-state index in [1.165, 1.54) is 6.26 Å². The van der Waals surface area contributed by atoms with Gasteiger partial charge in [-0.05, 0) is 32.0 Å². The van der Waals surface area contributed by atoms with Crippen molar-refractivity contribution < 1.29 is 24.1 Å². The molecule has 0 saturated carbocycles. The minimum absolute atomic E-state index is 0.0264. The molecule has 4 N–H and O–H groups in total. The smallest absolute Gasteiger partial charge is 0.338 e. The van der Waals surface area contributed by atoms with Gasteiger partial charge in [-0.3, -0.25) is 0 Å². The fourth-order valence-corrected chi connectivity index (χ4v) is 3.47. The molecule has 0 unspecified atom stereocenters. The fraction of sp³-hybridized carbons (Fsp3) is 0.300. The molecular formula is C20H23ClN3O4+. The van der Waals surface area contributed by atoms with Gasteiger partial charge in [0.2, 0.25) is 0 Å². The molecule has 0 radical (unpaired) electrons. The van der Waals surface area contributed by atoms with Gasteiger partial charge in [-0.25, -0.2) is 9.59 Å². The fourth-order valence-electron chi connectivity index (χ4n) is 3.16. The predicted octanol–water partition coefficient (Wildman–Crippen LogP) is 2.43. The quantitative estimate of drug-likeness (QED) is 0.617. The van der Waals surface area contributed by atoms with Crippen LogP contribution < -0.4 is 16.0 Å². The summed E-state index contributed by atoms with van der Waals surface area (Å²) in [4.78, 5) is 24.8. The van der Waals surface area contributed by atoms with Gasteiger partial charge < -0.3 is 25.1 Å². The zero-order valence-electron chi connectivity index (χ0n) is 15.7. The van der Waals surface area contributed by atoms with E-state index in [-0.39, 0.29) is 12.6 Å². The van der Waals surface area contributed by atoms with E-state index >= 15 is 0 Å². The number of hydrogen-bond acceptors (Lipinski definition) is 4. The van der Waals surface area contributed by atoms with Gasteiger partial charge in [0.1, 0.15) is 24.4 Å². The summed E-state index contributed by atoms with van der Waals surface area (Å²) in [5.41, 5.74) is 1.80. The number of nitrogens with two attached hydrogens (primary N) is 1. The number of carbonyl (C=O) groups is 2. The van der Waals surface area contributed by atoms with Crippen molar-refractivity contribution in [2.24, 2.45) is 0 Å². The summed E-state index contributed by atoms with van der Waals surface area (Å²) in [5, 5.41) is 8.15. The molecule has 7 nitrogen and oxygen atoms in total. The number of amides is 2. The highest BCUT2D eigenvalue weighted by atomic mass is 35.5. The monoisotopic (exact) mass is 404 g/mol. The molecule has 1 aliphatic rings. The molecule has 2 amide bonds. The molecule has 0 bridgehead atoms. The van der Waals surface area contributed by atoms with Gasteiger partial charge in [-0.15, -0.1) is 0 Å². The van der Waals surface area contributed by atoms with Crippen LogP contribution in [0.1, 0.15) is 37.3 Å². The summed E-state index contributed by atoms with van der Waals surface area (Å²) in [6.07, 6.45) is 1.50. The number of carbonyl (C=O) groups excluding carboxylic acids is 2. The van der Waals surface area contributed by atoms with Gasteiger partial charge in [-0.2, -0.15) is 0 Å². The summed E-state index contributed by atoms with van der Waals surface area (Å²) >= 11 is 6.28. The van der Waals surface area contributed by atoms with Crippen LogP contribution >= 0.6 is 11.6 Å². The predicted molar refractivity (Wildman–Crippen MR) is 103 cm³/mol. The molecule has 28 heavy (non-hydrogen) atoms. The maximum atomic E-state index is 12.6. The van der Waals surface area contributed by atoms with Crippen LogP contribution in [-0.4, -0.2) is 25.2 Å². The molecule has 148 valence electrons. The number of quaternary nitrogens is 1. The standard InChI is InChI=1S/C20H22ClN3O4/c1-3-27-19(25)17-15(11-22-12(2)13-7-4-5-8-14(13)21)23-20(26)24-18(17)16-9-6-10-28-16/h4-10,12,18,22H,3,11H2,1-2H3,(H2,23,24,26)/p+1/t12-,18-/m1/s1. The number of urea groups is 1. The Labute approximate surface area is 168 Å². The van der Waals surface area contributed by atoms with E-state index in [0.29, 0.717) is 28.6 Å². The van der Waals surface area contributed by atoms with E-state index in [4.69, 9.17) is 20.8 Å². The van der Waals surface area contributed by atoms with Gasteiger partial charge in [0.25, 0.3) is 0 Å². The number of nitrogens with one attached hydrogen (secondary N) is 2. The van der Waals surface area contributed by atoms with Gasteiger partial charge in [0, 0.05) is 10.6 Å².